The summed E-state index contributed by atoms with van der Waals surface area (Å²) in [6.45, 7) is 4.56. The van der Waals surface area contributed by atoms with Crippen LogP contribution in [0.1, 0.15) is 19.8 Å². The highest BCUT2D eigenvalue weighted by atomic mass is 16.5. The molecular weight excluding hydrogens is 230 g/mol. The summed E-state index contributed by atoms with van der Waals surface area (Å²) in [5, 5.41) is 11.9. The fourth-order valence-corrected chi connectivity index (χ4v) is 2.21. The van der Waals surface area contributed by atoms with Crippen molar-refractivity contribution in [1.29, 1.82) is 5.26 Å². The van der Waals surface area contributed by atoms with Crippen LogP contribution in [0.2, 0.25) is 0 Å². The molecule has 1 aliphatic rings. The molecule has 0 saturated heterocycles. The Morgan fingerprint density at radius 3 is 2.67 bits per heavy atom. The van der Waals surface area contributed by atoms with Crippen molar-refractivity contribution in [3.63, 3.8) is 0 Å². The van der Waals surface area contributed by atoms with E-state index >= 15 is 0 Å². The summed E-state index contributed by atoms with van der Waals surface area (Å²) in [7, 11) is 3.97. The number of nitriles is 1. The summed E-state index contributed by atoms with van der Waals surface area (Å²) in [6, 6.07) is 2.15. The highest BCUT2D eigenvalue weighted by Crippen LogP contribution is 2.44. The van der Waals surface area contributed by atoms with Crippen molar-refractivity contribution in [1.82, 2.24) is 10.2 Å². The van der Waals surface area contributed by atoms with Crippen molar-refractivity contribution in [3.8, 4) is 6.07 Å². The molecular formula is C13H23N3O2. The monoisotopic (exact) mass is 253 g/mol. The zero-order chi connectivity index (χ0) is 13.6. The molecule has 1 saturated carbocycles. The van der Waals surface area contributed by atoms with Gasteiger partial charge in [0.2, 0.25) is 5.91 Å². The van der Waals surface area contributed by atoms with Crippen molar-refractivity contribution in [2.45, 2.75) is 19.8 Å². The number of nitrogens with zero attached hydrogens (tertiary/aromatic N) is 2. The first-order chi connectivity index (χ1) is 8.50. The Kier molecular flexibility index (Phi) is 5.57. The molecule has 1 aliphatic carbocycles. The van der Waals surface area contributed by atoms with E-state index in [1.165, 1.54) is 0 Å². The lowest BCUT2D eigenvalue weighted by Crippen LogP contribution is -2.48. The van der Waals surface area contributed by atoms with Crippen LogP contribution in [-0.2, 0) is 9.53 Å². The van der Waals surface area contributed by atoms with Gasteiger partial charge in [-0.25, -0.2) is 0 Å². The molecule has 0 aromatic rings. The summed E-state index contributed by atoms with van der Waals surface area (Å²) in [5.41, 5.74) is -0.775. The number of amides is 1. The van der Waals surface area contributed by atoms with E-state index in [4.69, 9.17) is 10.00 Å². The summed E-state index contributed by atoms with van der Waals surface area (Å²) in [4.78, 5) is 13.9. The third-order valence-corrected chi connectivity index (χ3v) is 3.26. The largest absolute Gasteiger partial charge is 0.378 e. The molecule has 18 heavy (non-hydrogen) atoms. The van der Waals surface area contributed by atoms with Crippen molar-refractivity contribution < 1.29 is 9.53 Å². The van der Waals surface area contributed by atoms with Crippen LogP contribution in [-0.4, -0.2) is 51.2 Å². The van der Waals surface area contributed by atoms with Gasteiger partial charge in [-0.3, -0.25) is 4.79 Å². The summed E-state index contributed by atoms with van der Waals surface area (Å²) < 4.78 is 5.37. The topological polar surface area (TPSA) is 65.4 Å². The number of nitrogens with one attached hydrogen (secondary N) is 1. The molecule has 0 aliphatic heterocycles. The highest BCUT2D eigenvalue weighted by molar-refractivity contribution is 5.86. The van der Waals surface area contributed by atoms with Crippen LogP contribution < -0.4 is 5.32 Å². The van der Waals surface area contributed by atoms with Crippen LogP contribution in [0.5, 0.6) is 0 Å². The second-order valence-corrected chi connectivity index (χ2v) is 5.38. The molecule has 0 spiro atoms. The molecule has 0 aromatic carbocycles. The highest BCUT2D eigenvalue weighted by Gasteiger charge is 2.48. The van der Waals surface area contributed by atoms with Crippen LogP contribution in [0.25, 0.3) is 0 Å². The van der Waals surface area contributed by atoms with Gasteiger partial charge in [-0.2, -0.15) is 5.26 Å². The first-order valence-electron chi connectivity index (χ1n) is 6.42. The van der Waals surface area contributed by atoms with Crippen molar-refractivity contribution in [2.24, 2.45) is 11.3 Å². The van der Waals surface area contributed by atoms with Gasteiger partial charge in [-0.15, -0.1) is 0 Å². The minimum Gasteiger partial charge on any atom is -0.378 e. The van der Waals surface area contributed by atoms with Crippen LogP contribution in [0, 0.1) is 22.7 Å². The van der Waals surface area contributed by atoms with Gasteiger partial charge in [0.1, 0.15) is 5.41 Å². The van der Waals surface area contributed by atoms with Crippen LogP contribution >= 0.6 is 0 Å². The minimum atomic E-state index is -0.775. The number of ether oxygens (including phenoxy) is 1. The van der Waals surface area contributed by atoms with Crippen LogP contribution in [0.3, 0.4) is 0 Å². The quantitative estimate of drug-likeness (QED) is 0.676. The molecule has 1 fully saturated rings. The fraction of sp³-hybridized carbons (Fsp3) is 0.846. The number of rotatable bonds is 7. The maximum absolute atomic E-state index is 11.9. The minimum absolute atomic E-state index is 0.140. The van der Waals surface area contributed by atoms with E-state index in [-0.39, 0.29) is 5.91 Å². The van der Waals surface area contributed by atoms with E-state index in [2.05, 4.69) is 18.3 Å². The molecule has 5 nitrogen and oxygen atoms in total. The molecule has 0 bridgehead atoms. The van der Waals surface area contributed by atoms with Gasteiger partial charge < -0.3 is 15.0 Å². The SMILES string of the molecule is CC1CC(C#N)(C(=O)NCCOCCN(C)C)C1. The van der Waals surface area contributed by atoms with Gasteiger partial charge in [0.15, 0.2) is 0 Å². The van der Waals surface area contributed by atoms with Crippen molar-refractivity contribution in [2.75, 3.05) is 40.4 Å². The number of hydrogen-bond donors (Lipinski definition) is 1. The van der Waals surface area contributed by atoms with Gasteiger partial charge >= 0.3 is 0 Å². The summed E-state index contributed by atoms with van der Waals surface area (Å²) in [6.07, 6.45) is 1.35. The van der Waals surface area contributed by atoms with Crippen molar-refractivity contribution in [3.05, 3.63) is 0 Å². The molecule has 5 heteroatoms. The van der Waals surface area contributed by atoms with Gasteiger partial charge in [-0.1, -0.05) is 6.92 Å². The zero-order valence-corrected chi connectivity index (χ0v) is 11.5. The fourth-order valence-electron chi connectivity index (χ4n) is 2.21. The average Bonchev–Trinajstić information content (AvgIpc) is 2.28. The molecule has 0 radical (unpaired) electrons. The lowest BCUT2D eigenvalue weighted by atomic mass is 9.63. The van der Waals surface area contributed by atoms with E-state index in [9.17, 15) is 4.79 Å². The normalized spacial score (nSPS) is 26.5. The maximum atomic E-state index is 11.9. The Morgan fingerprint density at radius 2 is 2.17 bits per heavy atom. The molecule has 0 atom stereocenters. The third-order valence-electron chi connectivity index (χ3n) is 3.26. The summed E-state index contributed by atoms with van der Waals surface area (Å²) in [5.74, 6) is 0.339. The zero-order valence-electron chi connectivity index (χ0n) is 11.5. The Labute approximate surface area is 109 Å². The Hall–Kier alpha value is -1.12. The number of carbonyl (C=O) groups is 1. The molecule has 1 N–H and O–H groups in total. The third kappa shape index (κ3) is 3.97. The number of likely N-dealkylation sites (N-methyl/N-ethyl adjacent to an activating group) is 1. The van der Waals surface area contributed by atoms with Gasteiger partial charge in [0, 0.05) is 13.1 Å². The number of hydrogen-bond acceptors (Lipinski definition) is 4. The van der Waals surface area contributed by atoms with E-state index in [1.807, 2.05) is 19.0 Å². The molecule has 0 unspecified atom stereocenters. The first-order valence-corrected chi connectivity index (χ1v) is 6.42. The molecule has 0 heterocycles. The van der Waals surface area contributed by atoms with Gasteiger partial charge in [-0.05, 0) is 32.9 Å². The molecule has 1 rings (SSSR count). The van der Waals surface area contributed by atoms with E-state index in [0.717, 1.165) is 6.54 Å². The Balaban J connectivity index is 2.12. The smallest absolute Gasteiger partial charge is 0.240 e. The standard InChI is InChI=1S/C13H23N3O2/c1-11-8-13(9-11,10-14)12(17)15-4-6-18-7-5-16(2)3/h11H,4-9H2,1-3H3,(H,15,17). The van der Waals surface area contributed by atoms with Gasteiger partial charge in [0.25, 0.3) is 0 Å². The van der Waals surface area contributed by atoms with E-state index in [0.29, 0.717) is 38.5 Å². The Bertz CT molecular complexity index is 317. The van der Waals surface area contributed by atoms with Crippen LogP contribution in [0.15, 0.2) is 0 Å². The van der Waals surface area contributed by atoms with E-state index < -0.39 is 5.41 Å². The predicted molar refractivity (Wildman–Crippen MR) is 68.8 cm³/mol. The second kappa shape index (κ2) is 6.72. The Morgan fingerprint density at radius 1 is 1.50 bits per heavy atom. The lowest BCUT2D eigenvalue weighted by molar-refractivity contribution is -0.134. The summed E-state index contributed by atoms with van der Waals surface area (Å²) >= 11 is 0. The first kappa shape index (κ1) is 14.9. The molecule has 0 aromatic heterocycles. The van der Waals surface area contributed by atoms with Crippen molar-refractivity contribution >= 4 is 5.91 Å². The number of carbonyl (C=O) groups excluding carboxylic acids is 1. The van der Waals surface area contributed by atoms with Gasteiger partial charge in [0.05, 0.1) is 19.3 Å². The average molecular weight is 253 g/mol. The van der Waals surface area contributed by atoms with Crippen LogP contribution in [0.4, 0.5) is 0 Å². The molecule has 102 valence electrons. The lowest BCUT2D eigenvalue weighted by Gasteiger charge is -2.39. The molecule has 1 amide bonds. The maximum Gasteiger partial charge on any atom is 0.240 e. The predicted octanol–water partition coefficient (Wildman–Crippen LogP) is 0.621. The second-order valence-electron chi connectivity index (χ2n) is 5.38. The van der Waals surface area contributed by atoms with E-state index in [1.54, 1.807) is 0 Å².